The molecular weight excluding hydrogens is 259 g/mol. The normalized spacial score (nSPS) is 12.4. The van der Waals surface area contributed by atoms with E-state index in [1.165, 1.54) is 12.1 Å². The summed E-state index contributed by atoms with van der Waals surface area (Å²) in [4.78, 5) is 10.4. The van der Waals surface area contributed by atoms with Crippen LogP contribution in [0.25, 0.3) is 0 Å². The molecule has 1 aromatic rings. The maximum Gasteiger partial charge on any atom is 0.304 e. The van der Waals surface area contributed by atoms with Crippen molar-refractivity contribution in [2.24, 2.45) is 0 Å². The Balaban J connectivity index is 3.51. The topological polar surface area (TPSA) is 71.4 Å². The lowest BCUT2D eigenvalue weighted by atomic mass is 9.81. The maximum atomic E-state index is 13.7. The van der Waals surface area contributed by atoms with Crippen molar-refractivity contribution < 1.29 is 22.7 Å². The van der Waals surface area contributed by atoms with Crippen LogP contribution in [-0.4, -0.2) is 25.7 Å². The fourth-order valence-electron chi connectivity index (χ4n) is 1.89. The molecule has 0 atom stereocenters. The van der Waals surface area contributed by atoms with Gasteiger partial charge in [-0.1, -0.05) is 26.0 Å². The third-order valence-electron chi connectivity index (χ3n) is 2.66. The molecule has 0 amide bonds. The molecule has 0 heterocycles. The first-order valence-corrected chi connectivity index (χ1v) is 7.15. The summed E-state index contributed by atoms with van der Waals surface area (Å²) in [7, 11) is -3.75. The number of carboxylic acids is 1. The van der Waals surface area contributed by atoms with Gasteiger partial charge in [0.25, 0.3) is 0 Å². The number of aliphatic carboxylic acids is 1. The fraction of sp³-hybridized carbons (Fsp3) is 0.417. The van der Waals surface area contributed by atoms with Gasteiger partial charge in [-0.25, -0.2) is 12.8 Å². The van der Waals surface area contributed by atoms with Crippen molar-refractivity contribution in [1.82, 2.24) is 0 Å². The van der Waals surface area contributed by atoms with E-state index in [2.05, 4.69) is 0 Å². The van der Waals surface area contributed by atoms with E-state index >= 15 is 0 Å². The van der Waals surface area contributed by atoms with Gasteiger partial charge in [0.1, 0.15) is 10.7 Å². The van der Waals surface area contributed by atoms with Crippen LogP contribution in [0.5, 0.6) is 0 Å². The van der Waals surface area contributed by atoms with Crippen LogP contribution in [0.3, 0.4) is 0 Å². The van der Waals surface area contributed by atoms with Crippen LogP contribution in [0.4, 0.5) is 4.39 Å². The van der Waals surface area contributed by atoms with Gasteiger partial charge in [0.15, 0.2) is 9.84 Å². The van der Waals surface area contributed by atoms with Gasteiger partial charge in [0, 0.05) is 11.7 Å². The standard InChI is InChI=1S/C12H15FO4S/c1-12(2,7-10(14)15)8-5-4-6-9(13)11(8)18(3,16)17/h4-6H,7H2,1-3H3,(H,14,15). The molecule has 0 aliphatic carbocycles. The van der Waals surface area contributed by atoms with Crippen LogP contribution >= 0.6 is 0 Å². The molecule has 0 saturated heterocycles. The van der Waals surface area contributed by atoms with Gasteiger partial charge < -0.3 is 5.11 Å². The highest BCUT2D eigenvalue weighted by atomic mass is 32.2. The Hall–Kier alpha value is -1.43. The van der Waals surface area contributed by atoms with Crippen LogP contribution in [0.1, 0.15) is 25.8 Å². The Bertz CT molecular complexity index is 576. The zero-order chi connectivity index (χ0) is 14.1. The average molecular weight is 274 g/mol. The first-order valence-electron chi connectivity index (χ1n) is 5.26. The van der Waals surface area contributed by atoms with Gasteiger partial charge in [-0.05, 0) is 11.6 Å². The third-order valence-corrected chi connectivity index (χ3v) is 3.82. The quantitative estimate of drug-likeness (QED) is 0.911. The minimum Gasteiger partial charge on any atom is -0.481 e. The van der Waals surface area contributed by atoms with E-state index in [1.807, 2.05) is 0 Å². The summed E-state index contributed by atoms with van der Waals surface area (Å²) in [5, 5.41) is 8.83. The van der Waals surface area contributed by atoms with Crippen LogP contribution in [0, 0.1) is 5.82 Å². The molecule has 0 bridgehead atoms. The van der Waals surface area contributed by atoms with Crippen LogP contribution < -0.4 is 0 Å². The summed E-state index contributed by atoms with van der Waals surface area (Å²) in [6, 6.07) is 3.88. The monoisotopic (exact) mass is 274 g/mol. The maximum absolute atomic E-state index is 13.7. The minimum absolute atomic E-state index is 0.187. The summed E-state index contributed by atoms with van der Waals surface area (Å²) < 4.78 is 36.9. The van der Waals surface area contributed by atoms with E-state index in [-0.39, 0.29) is 12.0 Å². The molecular formula is C12H15FO4S. The number of carboxylic acid groups (broad SMARTS) is 1. The molecule has 1 N–H and O–H groups in total. The summed E-state index contributed by atoms with van der Waals surface area (Å²) in [6.45, 7) is 3.15. The van der Waals surface area contributed by atoms with Gasteiger partial charge in [0.2, 0.25) is 0 Å². The Morgan fingerprint density at radius 1 is 1.39 bits per heavy atom. The van der Waals surface area contributed by atoms with Gasteiger partial charge in [-0.2, -0.15) is 0 Å². The van der Waals surface area contributed by atoms with Crippen molar-refractivity contribution in [2.75, 3.05) is 6.26 Å². The highest BCUT2D eigenvalue weighted by Gasteiger charge is 2.31. The first-order chi connectivity index (χ1) is 8.05. The molecule has 0 fully saturated rings. The van der Waals surface area contributed by atoms with Gasteiger partial charge in [-0.3, -0.25) is 4.79 Å². The van der Waals surface area contributed by atoms with Crippen molar-refractivity contribution in [3.05, 3.63) is 29.6 Å². The Labute approximate surface area is 105 Å². The number of hydrogen-bond acceptors (Lipinski definition) is 3. The summed E-state index contributed by atoms with van der Waals surface area (Å²) in [6.07, 6.45) is 0.630. The SMILES string of the molecule is CC(C)(CC(=O)O)c1cccc(F)c1S(C)(=O)=O. The second kappa shape index (κ2) is 4.68. The molecule has 0 spiro atoms. The van der Waals surface area contributed by atoms with E-state index in [0.717, 1.165) is 12.3 Å². The van der Waals surface area contributed by atoms with Crippen molar-refractivity contribution in [3.8, 4) is 0 Å². The van der Waals surface area contributed by atoms with Crippen molar-refractivity contribution in [1.29, 1.82) is 0 Å². The molecule has 18 heavy (non-hydrogen) atoms. The number of rotatable bonds is 4. The molecule has 0 aliphatic rings. The highest BCUT2D eigenvalue weighted by molar-refractivity contribution is 7.90. The van der Waals surface area contributed by atoms with E-state index in [0.29, 0.717) is 0 Å². The first kappa shape index (κ1) is 14.6. The Kier molecular flexibility index (Phi) is 3.81. The molecule has 4 nitrogen and oxygen atoms in total. The van der Waals surface area contributed by atoms with Crippen molar-refractivity contribution in [3.63, 3.8) is 0 Å². The zero-order valence-corrected chi connectivity index (χ0v) is 11.2. The molecule has 0 aliphatic heterocycles. The van der Waals surface area contributed by atoms with E-state index in [1.54, 1.807) is 13.8 Å². The number of sulfone groups is 1. The molecule has 1 rings (SSSR count). The van der Waals surface area contributed by atoms with Crippen LogP contribution in [-0.2, 0) is 20.0 Å². The molecule has 1 aromatic carbocycles. The summed E-state index contributed by atoms with van der Waals surface area (Å²) >= 11 is 0. The van der Waals surface area contributed by atoms with E-state index in [9.17, 15) is 17.6 Å². The molecule has 6 heteroatoms. The van der Waals surface area contributed by atoms with Crippen LogP contribution in [0.15, 0.2) is 23.1 Å². The Morgan fingerprint density at radius 2 is 1.94 bits per heavy atom. The lowest BCUT2D eigenvalue weighted by Crippen LogP contribution is -2.25. The molecule has 0 unspecified atom stereocenters. The van der Waals surface area contributed by atoms with Crippen molar-refractivity contribution >= 4 is 15.8 Å². The summed E-state index contributed by atoms with van der Waals surface area (Å²) in [5.74, 6) is -1.92. The number of carbonyl (C=O) groups is 1. The smallest absolute Gasteiger partial charge is 0.304 e. The molecule has 0 saturated carbocycles. The highest BCUT2D eigenvalue weighted by Crippen LogP contribution is 2.33. The van der Waals surface area contributed by atoms with Gasteiger partial charge in [0.05, 0.1) is 6.42 Å². The third kappa shape index (κ3) is 3.07. The van der Waals surface area contributed by atoms with Crippen molar-refractivity contribution in [2.45, 2.75) is 30.6 Å². The minimum atomic E-state index is -3.75. The number of halogens is 1. The molecule has 100 valence electrons. The average Bonchev–Trinajstić information content (AvgIpc) is 2.13. The predicted octanol–water partition coefficient (Wildman–Crippen LogP) is 1.98. The second-order valence-electron chi connectivity index (χ2n) is 4.84. The molecule has 0 radical (unpaired) electrons. The zero-order valence-electron chi connectivity index (χ0n) is 10.4. The number of benzene rings is 1. The largest absolute Gasteiger partial charge is 0.481 e. The summed E-state index contributed by atoms with van der Waals surface area (Å²) in [5.41, 5.74) is -0.779. The van der Waals surface area contributed by atoms with E-state index < -0.39 is 31.9 Å². The lowest BCUT2D eigenvalue weighted by Gasteiger charge is -2.25. The fourth-order valence-corrected chi connectivity index (χ4v) is 3.06. The number of hydrogen-bond donors (Lipinski definition) is 1. The van der Waals surface area contributed by atoms with Gasteiger partial charge in [-0.15, -0.1) is 0 Å². The van der Waals surface area contributed by atoms with Gasteiger partial charge >= 0.3 is 5.97 Å². The van der Waals surface area contributed by atoms with E-state index in [4.69, 9.17) is 5.11 Å². The second-order valence-corrected chi connectivity index (χ2v) is 6.80. The predicted molar refractivity (Wildman–Crippen MR) is 64.8 cm³/mol. The lowest BCUT2D eigenvalue weighted by molar-refractivity contribution is -0.138. The molecule has 0 aromatic heterocycles. The van der Waals surface area contributed by atoms with Crippen LogP contribution in [0.2, 0.25) is 0 Å². The Morgan fingerprint density at radius 3 is 2.39 bits per heavy atom.